The molecule has 0 saturated carbocycles. The molecule has 1 N–H and O–H groups in total. The summed E-state index contributed by atoms with van der Waals surface area (Å²) in [6, 6.07) is 11.8. The van der Waals surface area contributed by atoms with Crippen LogP contribution in [0.1, 0.15) is 35.9 Å². The first-order valence-electron chi connectivity index (χ1n) is 8.81. The Morgan fingerprint density at radius 1 is 1.24 bits per heavy atom. The molecule has 1 aromatic carbocycles. The molecule has 0 radical (unpaired) electrons. The molecule has 1 fully saturated rings. The van der Waals surface area contributed by atoms with Gasteiger partial charge >= 0.3 is 0 Å². The fraction of sp³-hybridized carbons (Fsp3) is 0.474. The van der Waals surface area contributed by atoms with Crippen molar-refractivity contribution in [2.24, 2.45) is 5.92 Å². The van der Waals surface area contributed by atoms with Crippen LogP contribution < -0.4 is 5.32 Å². The Balaban J connectivity index is 0.00000225. The molecule has 2 aromatic rings. The number of nitrogens with one attached hydrogen (secondary N) is 1. The Morgan fingerprint density at radius 2 is 1.92 bits per heavy atom. The summed E-state index contributed by atoms with van der Waals surface area (Å²) in [5.41, 5.74) is 2.51. The van der Waals surface area contributed by atoms with Crippen molar-refractivity contribution < 1.29 is 4.79 Å². The second-order valence-corrected chi connectivity index (χ2v) is 6.46. The number of amides is 1. The number of carbonyl (C=O) groups excluding carboxylic acids is 1. The Kier molecular flexibility index (Phi) is 7.02. The van der Waals surface area contributed by atoms with E-state index >= 15 is 0 Å². The Labute approximate surface area is 155 Å². The quantitative estimate of drug-likeness (QED) is 0.889. The molecule has 0 atom stereocenters. The van der Waals surface area contributed by atoms with Gasteiger partial charge in [0.2, 0.25) is 0 Å². The number of likely N-dealkylation sites (tertiary alicyclic amines) is 1. The Morgan fingerprint density at radius 3 is 2.56 bits per heavy atom. The van der Waals surface area contributed by atoms with E-state index in [-0.39, 0.29) is 18.3 Å². The average molecular weight is 363 g/mol. The second kappa shape index (κ2) is 9.02. The minimum Gasteiger partial charge on any atom is -0.337 e. The molecule has 0 unspecified atom stereocenters. The maximum atomic E-state index is 12.8. The van der Waals surface area contributed by atoms with Gasteiger partial charge in [-0.15, -0.1) is 12.4 Å². The number of aromatic nitrogens is 2. The molecule has 3 rings (SSSR count). The zero-order valence-corrected chi connectivity index (χ0v) is 15.8. The summed E-state index contributed by atoms with van der Waals surface area (Å²) in [6.07, 6.45) is 2.13. The second-order valence-electron chi connectivity index (χ2n) is 6.46. The van der Waals surface area contributed by atoms with Crippen molar-refractivity contribution in [3.8, 4) is 5.69 Å². The van der Waals surface area contributed by atoms with Gasteiger partial charge in [0, 0.05) is 18.8 Å². The van der Waals surface area contributed by atoms with E-state index in [2.05, 4.69) is 17.3 Å². The van der Waals surface area contributed by atoms with Crippen LogP contribution in [0.15, 0.2) is 36.4 Å². The van der Waals surface area contributed by atoms with Crippen LogP contribution in [-0.2, 0) is 0 Å². The van der Waals surface area contributed by atoms with Crippen LogP contribution in [0.4, 0.5) is 0 Å². The van der Waals surface area contributed by atoms with Gasteiger partial charge in [0.1, 0.15) is 0 Å². The van der Waals surface area contributed by atoms with Crippen molar-refractivity contribution in [3.05, 3.63) is 47.8 Å². The molecule has 136 valence electrons. The van der Waals surface area contributed by atoms with E-state index < -0.39 is 0 Å². The third-order valence-corrected chi connectivity index (χ3v) is 4.69. The van der Waals surface area contributed by atoms with Gasteiger partial charge in [-0.2, -0.15) is 5.10 Å². The third kappa shape index (κ3) is 4.61. The summed E-state index contributed by atoms with van der Waals surface area (Å²) in [4.78, 5) is 14.7. The molecule has 0 aliphatic carbocycles. The van der Waals surface area contributed by atoms with Gasteiger partial charge in [0.15, 0.2) is 5.69 Å². The van der Waals surface area contributed by atoms with Crippen molar-refractivity contribution in [2.45, 2.75) is 26.7 Å². The lowest BCUT2D eigenvalue weighted by atomic mass is 9.96. The first-order chi connectivity index (χ1) is 11.7. The van der Waals surface area contributed by atoms with Gasteiger partial charge in [-0.25, -0.2) is 4.68 Å². The summed E-state index contributed by atoms with van der Waals surface area (Å²) >= 11 is 0. The van der Waals surface area contributed by atoms with Gasteiger partial charge < -0.3 is 10.2 Å². The lowest BCUT2D eigenvalue weighted by molar-refractivity contribution is 0.0684. The van der Waals surface area contributed by atoms with Gasteiger partial charge in [-0.3, -0.25) is 4.79 Å². The maximum Gasteiger partial charge on any atom is 0.274 e. The minimum absolute atomic E-state index is 0. The monoisotopic (exact) mass is 362 g/mol. The SMILES string of the molecule is CCNCC1CCN(C(=O)c2cc(C)n(-c3ccccc3)n2)CC1.Cl. The zero-order chi connectivity index (χ0) is 16.9. The number of benzene rings is 1. The van der Waals surface area contributed by atoms with Crippen LogP contribution >= 0.6 is 12.4 Å². The number of nitrogens with zero attached hydrogens (tertiary/aromatic N) is 3. The topological polar surface area (TPSA) is 50.2 Å². The van der Waals surface area contributed by atoms with Crippen molar-refractivity contribution in [1.82, 2.24) is 20.0 Å². The fourth-order valence-corrected chi connectivity index (χ4v) is 3.26. The summed E-state index contributed by atoms with van der Waals surface area (Å²) in [5, 5.41) is 7.94. The molecule has 25 heavy (non-hydrogen) atoms. The number of hydrogen-bond acceptors (Lipinski definition) is 3. The van der Waals surface area contributed by atoms with E-state index in [0.29, 0.717) is 11.6 Å². The molecule has 5 nitrogen and oxygen atoms in total. The van der Waals surface area contributed by atoms with Crippen LogP contribution in [0.2, 0.25) is 0 Å². The number of hydrogen-bond donors (Lipinski definition) is 1. The van der Waals surface area contributed by atoms with E-state index in [9.17, 15) is 4.79 Å². The highest BCUT2D eigenvalue weighted by atomic mass is 35.5. The number of rotatable bonds is 5. The highest BCUT2D eigenvalue weighted by Crippen LogP contribution is 2.19. The lowest BCUT2D eigenvalue weighted by Gasteiger charge is -2.31. The van der Waals surface area contributed by atoms with Crippen molar-refractivity contribution >= 4 is 18.3 Å². The molecule has 1 aromatic heterocycles. The van der Waals surface area contributed by atoms with Gasteiger partial charge in [-0.1, -0.05) is 25.1 Å². The van der Waals surface area contributed by atoms with Crippen LogP contribution in [0.5, 0.6) is 0 Å². The summed E-state index contributed by atoms with van der Waals surface area (Å²) in [7, 11) is 0. The van der Waals surface area contributed by atoms with E-state index in [0.717, 1.165) is 50.4 Å². The normalized spacial score (nSPS) is 15.0. The van der Waals surface area contributed by atoms with Crippen molar-refractivity contribution in [2.75, 3.05) is 26.2 Å². The molecular formula is C19H27ClN4O. The lowest BCUT2D eigenvalue weighted by Crippen LogP contribution is -2.41. The van der Waals surface area contributed by atoms with E-state index in [1.54, 1.807) is 0 Å². The number of piperidine rings is 1. The van der Waals surface area contributed by atoms with Gasteiger partial charge in [-0.05, 0) is 57.0 Å². The van der Waals surface area contributed by atoms with Crippen LogP contribution in [0.25, 0.3) is 5.69 Å². The molecular weight excluding hydrogens is 336 g/mol. The summed E-state index contributed by atoms with van der Waals surface area (Å²) < 4.78 is 1.84. The predicted molar refractivity (Wildman–Crippen MR) is 103 cm³/mol. The number of aryl methyl sites for hydroxylation is 1. The zero-order valence-electron chi connectivity index (χ0n) is 14.9. The molecule has 1 saturated heterocycles. The van der Waals surface area contributed by atoms with Crippen LogP contribution in [-0.4, -0.2) is 46.8 Å². The van der Waals surface area contributed by atoms with Gasteiger partial charge in [0.05, 0.1) is 5.69 Å². The highest BCUT2D eigenvalue weighted by Gasteiger charge is 2.25. The first-order valence-corrected chi connectivity index (χ1v) is 8.81. The van der Waals surface area contributed by atoms with Crippen LogP contribution in [0.3, 0.4) is 0 Å². The molecule has 0 bridgehead atoms. The Hall–Kier alpha value is -1.85. The molecule has 1 aliphatic heterocycles. The fourth-order valence-electron chi connectivity index (χ4n) is 3.26. The minimum atomic E-state index is 0. The third-order valence-electron chi connectivity index (χ3n) is 4.69. The first kappa shape index (κ1) is 19.5. The van der Waals surface area contributed by atoms with Crippen molar-refractivity contribution in [3.63, 3.8) is 0 Å². The number of para-hydroxylation sites is 1. The standard InChI is InChI=1S/C19H26N4O.ClH/c1-3-20-14-16-9-11-22(12-10-16)19(24)18-13-15(2)23(21-18)17-7-5-4-6-8-17;/h4-8,13,16,20H,3,9-12,14H2,1-2H3;1H. The molecule has 2 heterocycles. The largest absolute Gasteiger partial charge is 0.337 e. The molecule has 6 heteroatoms. The molecule has 1 amide bonds. The Bertz CT molecular complexity index is 678. The number of carbonyl (C=O) groups is 1. The van der Waals surface area contributed by atoms with Crippen molar-refractivity contribution in [1.29, 1.82) is 0 Å². The van der Waals surface area contributed by atoms with Crippen LogP contribution in [0, 0.1) is 12.8 Å². The van der Waals surface area contributed by atoms with E-state index in [1.165, 1.54) is 0 Å². The summed E-state index contributed by atoms with van der Waals surface area (Å²) in [5.74, 6) is 0.729. The average Bonchev–Trinajstić information content (AvgIpc) is 3.02. The highest BCUT2D eigenvalue weighted by molar-refractivity contribution is 5.92. The van der Waals surface area contributed by atoms with E-state index in [4.69, 9.17) is 0 Å². The summed E-state index contributed by atoms with van der Waals surface area (Å²) in [6.45, 7) is 7.83. The molecule has 0 spiro atoms. The predicted octanol–water partition coefficient (Wildman–Crippen LogP) is 3.06. The number of halogens is 1. The smallest absolute Gasteiger partial charge is 0.274 e. The van der Waals surface area contributed by atoms with E-state index in [1.807, 2.05) is 52.9 Å². The molecule has 1 aliphatic rings. The maximum absolute atomic E-state index is 12.8. The van der Waals surface area contributed by atoms with Gasteiger partial charge in [0.25, 0.3) is 5.91 Å².